The van der Waals surface area contributed by atoms with Gasteiger partial charge in [0.1, 0.15) is 0 Å². The van der Waals surface area contributed by atoms with E-state index >= 15 is 0 Å². The number of aromatic nitrogens is 4. The Balaban J connectivity index is 1.73. The van der Waals surface area contributed by atoms with E-state index in [2.05, 4.69) is 26.3 Å². The SMILES string of the molecule is C#CCC1CCCN(c2nnnn2C2CCCOC2)C1. The topological polar surface area (TPSA) is 56.1 Å². The molecule has 0 N–H and O–H groups in total. The Hall–Kier alpha value is -1.61. The fraction of sp³-hybridized carbons (Fsp3) is 0.786. The van der Waals surface area contributed by atoms with Crippen LogP contribution in [-0.4, -0.2) is 46.5 Å². The van der Waals surface area contributed by atoms with Gasteiger partial charge in [0.2, 0.25) is 5.95 Å². The predicted octanol–water partition coefficient (Wildman–Crippen LogP) is 1.26. The molecule has 0 radical (unpaired) electrons. The standard InChI is InChI=1S/C14H21N5O/c1-2-5-12-6-3-8-18(10-12)14-15-16-17-19(14)13-7-4-9-20-11-13/h1,12-13H,3-11H2. The van der Waals surface area contributed by atoms with Crippen molar-refractivity contribution < 1.29 is 4.74 Å². The maximum Gasteiger partial charge on any atom is 0.245 e. The Bertz CT molecular complexity index is 474. The quantitative estimate of drug-likeness (QED) is 0.777. The van der Waals surface area contributed by atoms with Crippen LogP contribution < -0.4 is 4.90 Å². The first-order valence-electron chi connectivity index (χ1n) is 7.42. The number of tetrazole rings is 1. The van der Waals surface area contributed by atoms with Gasteiger partial charge in [-0.15, -0.1) is 12.3 Å². The molecule has 2 aliphatic rings. The van der Waals surface area contributed by atoms with Crippen LogP contribution in [0.2, 0.25) is 0 Å². The molecule has 2 unspecified atom stereocenters. The van der Waals surface area contributed by atoms with Gasteiger partial charge in [0.15, 0.2) is 0 Å². The van der Waals surface area contributed by atoms with Gasteiger partial charge in [-0.25, -0.2) is 4.68 Å². The van der Waals surface area contributed by atoms with Gasteiger partial charge in [0.05, 0.1) is 12.6 Å². The van der Waals surface area contributed by atoms with Gasteiger partial charge in [0, 0.05) is 26.1 Å². The van der Waals surface area contributed by atoms with E-state index in [0.717, 1.165) is 51.3 Å². The molecule has 2 fully saturated rings. The number of piperidine rings is 1. The number of nitrogens with zero attached hydrogens (tertiary/aromatic N) is 5. The molecule has 20 heavy (non-hydrogen) atoms. The van der Waals surface area contributed by atoms with Gasteiger partial charge in [0.25, 0.3) is 0 Å². The van der Waals surface area contributed by atoms with Gasteiger partial charge in [-0.3, -0.25) is 0 Å². The number of anilines is 1. The second-order valence-corrected chi connectivity index (χ2v) is 5.66. The second kappa shape index (κ2) is 6.23. The number of terminal acetylenes is 1. The number of hydrogen-bond acceptors (Lipinski definition) is 5. The third kappa shape index (κ3) is 2.78. The Kier molecular flexibility index (Phi) is 4.16. The van der Waals surface area contributed by atoms with E-state index in [-0.39, 0.29) is 6.04 Å². The molecule has 0 saturated carbocycles. The van der Waals surface area contributed by atoms with E-state index in [1.807, 2.05) is 4.68 Å². The van der Waals surface area contributed by atoms with Crippen molar-refractivity contribution in [2.75, 3.05) is 31.2 Å². The molecule has 3 rings (SSSR count). The predicted molar refractivity (Wildman–Crippen MR) is 75.3 cm³/mol. The normalized spacial score (nSPS) is 27.2. The fourth-order valence-electron chi connectivity index (χ4n) is 3.13. The van der Waals surface area contributed by atoms with Gasteiger partial charge in [-0.2, -0.15) is 0 Å². The van der Waals surface area contributed by atoms with Crippen molar-refractivity contribution in [2.24, 2.45) is 5.92 Å². The molecule has 0 aromatic carbocycles. The molecule has 0 aliphatic carbocycles. The van der Waals surface area contributed by atoms with Crippen molar-refractivity contribution in [3.63, 3.8) is 0 Å². The summed E-state index contributed by atoms with van der Waals surface area (Å²) < 4.78 is 7.49. The smallest absolute Gasteiger partial charge is 0.245 e. The summed E-state index contributed by atoms with van der Waals surface area (Å²) in [5.41, 5.74) is 0. The summed E-state index contributed by atoms with van der Waals surface area (Å²) in [6, 6.07) is 0.266. The van der Waals surface area contributed by atoms with E-state index in [4.69, 9.17) is 11.2 Å². The molecule has 2 aliphatic heterocycles. The van der Waals surface area contributed by atoms with Crippen LogP contribution in [-0.2, 0) is 4.74 Å². The highest BCUT2D eigenvalue weighted by atomic mass is 16.5. The highest BCUT2D eigenvalue weighted by Gasteiger charge is 2.27. The zero-order valence-corrected chi connectivity index (χ0v) is 11.7. The Morgan fingerprint density at radius 1 is 1.35 bits per heavy atom. The largest absolute Gasteiger partial charge is 0.379 e. The summed E-state index contributed by atoms with van der Waals surface area (Å²) in [5.74, 6) is 4.21. The molecule has 0 spiro atoms. The lowest BCUT2D eigenvalue weighted by Gasteiger charge is -2.33. The molecule has 6 nitrogen and oxygen atoms in total. The van der Waals surface area contributed by atoms with Crippen molar-refractivity contribution in [1.29, 1.82) is 0 Å². The van der Waals surface area contributed by atoms with Gasteiger partial charge < -0.3 is 9.64 Å². The molecule has 1 aromatic heterocycles. The fourth-order valence-corrected chi connectivity index (χ4v) is 3.13. The van der Waals surface area contributed by atoms with Crippen molar-refractivity contribution >= 4 is 5.95 Å². The van der Waals surface area contributed by atoms with E-state index < -0.39 is 0 Å². The van der Waals surface area contributed by atoms with E-state index in [0.29, 0.717) is 12.5 Å². The first-order valence-corrected chi connectivity index (χ1v) is 7.42. The van der Waals surface area contributed by atoms with Crippen molar-refractivity contribution in [1.82, 2.24) is 20.2 Å². The van der Waals surface area contributed by atoms with Gasteiger partial charge in [-0.1, -0.05) is 5.10 Å². The first kappa shape index (κ1) is 13.4. The number of ether oxygens (including phenoxy) is 1. The average molecular weight is 275 g/mol. The lowest BCUT2D eigenvalue weighted by atomic mass is 9.95. The molecule has 1 aromatic rings. The van der Waals surface area contributed by atoms with E-state index in [9.17, 15) is 0 Å². The molecule has 0 amide bonds. The molecule has 2 atom stereocenters. The van der Waals surface area contributed by atoms with Gasteiger partial charge in [-0.05, 0) is 42.0 Å². The molecule has 0 bridgehead atoms. The van der Waals surface area contributed by atoms with Crippen LogP contribution in [0.25, 0.3) is 0 Å². The van der Waals surface area contributed by atoms with E-state index in [1.165, 1.54) is 6.42 Å². The van der Waals surface area contributed by atoms with Crippen LogP contribution in [0.3, 0.4) is 0 Å². The summed E-state index contributed by atoms with van der Waals surface area (Å²) in [6.07, 6.45) is 10.8. The van der Waals surface area contributed by atoms with Gasteiger partial charge >= 0.3 is 0 Å². The summed E-state index contributed by atoms with van der Waals surface area (Å²) in [7, 11) is 0. The second-order valence-electron chi connectivity index (χ2n) is 5.66. The van der Waals surface area contributed by atoms with Crippen LogP contribution >= 0.6 is 0 Å². The molecule has 108 valence electrons. The maximum absolute atomic E-state index is 5.55. The maximum atomic E-state index is 5.55. The molecular formula is C14H21N5O. The van der Waals surface area contributed by atoms with Crippen LogP contribution in [0.5, 0.6) is 0 Å². The first-order chi connectivity index (χ1) is 9.88. The summed E-state index contributed by atoms with van der Waals surface area (Å²) >= 11 is 0. The monoisotopic (exact) mass is 275 g/mol. The Labute approximate surface area is 119 Å². The van der Waals surface area contributed by atoms with Crippen molar-refractivity contribution in [2.45, 2.75) is 38.1 Å². The Morgan fingerprint density at radius 2 is 2.30 bits per heavy atom. The minimum atomic E-state index is 0.266. The minimum absolute atomic E-state index is 0.266. The zero-order valence-electron chi connectivity index (χ0n) is 11.7. The van der Waals surface area contributed by atoms with Crippen LogP contribution in [0.15, 0.2) is 0 Å². The van der Waals surface area contributed by atoms with Crippen molar-refractivity contribution in [3.8, 4) is 12.3 Å². The third-order valence-corrected chi connectivity index (χ3v) is 4.17. The number of rotatable bonds is 3. The lowest BCUT2D eigenvalue weighted by Crippen LogP contribution is -2.38. The highest BCUT2D eigenvalue weighted by molar-refractivity contribution is 5.29. The molecular weight excluding hydrogens is 254 g/mol. The van der Waals surface area contributed by atoms with Crippen molar-refractivity contribution in [3.05, 3.63) is 0 Å². The third-order valence-electron chi connectivity index (χ3n) is 4.17. The highest BCUT2D eigenvalue weighted by Crippen LogP contribution is 2.27. The minimum Gasteiger partial charge on any atom is -0.379 e. The van der Waals surface area contributed by atoms with E-state index in [1.54, 1.807) is 0 Å². The number of hydrogen-bond donors (Lipinski definition) is 0. The lowest BCUT2D eigenvalue weighted by molar-refractivity contribution is 0.0546. The van der Waals surface area contributed by atoms with Crippen LogP contribution in [0.1, 0.15) is 38.1 Å². The Morgan fingerprint density at radius 3 is 3.10 bits per heavy atom. The molecule has 2 saturated heterocycles. The van der Waals surface area contributed by atoms with Crippen LogP contribution in [0, 0.1) is 18.3 Å². The zero-order chi connectivity index (χ0) is 13.8. The summed E-state index contributed by atoms with van der Waals surface area (Å²) in [4.78, 5) is 2.28. The average Bonchev–Trinajstić information content (AvgIpc) is 2.98. The molecule has 6 heteroatoms. The summed E-state index contributed by atoms with van der Waals surface area (Å²) in [6.45, 7) is 3.52. The van der Waals surface area contributed by atoms with Crippen LogP contribution in [0.4, 0.5) is 5.95 Å². The summed E-state index contributed by atoms with van der Waals surface area (Å²) in [5, 5.41) is 12.3. The molecule has 3 heterocycles.